The molecule has 1 unspecified atom stereocenters. The largest absolute Gasteiger partial charge is 0.493 e. The van der Waals surface area contributed by atoms with Gasteiger partial charge in [-0.2, -0.15) is 0 Å². The van der Waals surface area contributed by atoms with E-state index in [1.807, 2.05) is 32.0 Å². The second-order valence-electron chi connectivity index (χ2n) is 6.12. The minimum Gasteiger partial charge on any atom is -0.493 e. The van der Waals surface area contributed by atoms with E-state index in [1.54, 1.807) is 0 Å². The molecule has 0 aromatic heterocycles. The van der Waals surface area contributed by atoms with Gasteiger partial charge in [0.1, 0.15) is 5.75 Å². The number of ether oxygens (including phenoxy) is 2. The van der Waals surface area contributed by atoms with Crippen LogP contribution in [0.3, 0.4) is 0 Å². The Morgan fingerprint density at radius 2 is 2.19 bits per heavy atom. The Labute approximate surface area is 171 Å². The molecule has 0 radical (unpaired) electrons. The predicted octanol–water partition coefficient (Wildman–Crippen LogP) is 3.35. The normalized spacial score (nSPS) is 17.1. The highest BCUT2D eigenvalue weighted by Crippen LogP contribution is 2.23. The van der Waals surface area contributed by atoms with E-state index < -0.39 is 13.0 Å². The van der Waals surface area contributed by atoms with Crippen molar-refractivity contribution in [1.29, 1.82) is 0 Å². The maximum absolute atomic E-state index is 12.4. The van der Waals surface area contributed by atoms with Gasteiger partial charge in [-0.25, -0.2) is 13.8 Å². The average Bonchev–Trinajstić information content (AvgIpc) is 3.10. The molecular formula is C18H28F2IN3O2. The van der Waals surface area contributed by atoms with Crippen LogP contribution in [-0.2, 0) is 11.3 Å². The molecule has 1 aliphatic rings. The van der Waals surface area contributed by atoms with Gasteiger partial charge in [-0.1, -0.05) is 12.1 Å². The molecule has 26 heavy (non-hydrogen) atoms. The molecule has 0 aliphatic carbocycles. The Hall–Kier alpha value is -1.16. The summed E-state index contributed by atoms with van der Waals surface area (Å²) in [6, 6.07) is 5.95. The molecule has 8 heteroatoms. The van der Waals surface area contributed by atoms with Crippen LogP contribution in [0, 0.1) is 12.8 Å². The third kappa shape index (κ3) is 8.03. The first-order valence-corrected chi connectivity index (χ1v) is 8.69. The first kappa shape index (κ1) is 22.9. The molecule has 0 amide bonds. The standard InChI is InChI=1S/C18H27F2N3O2.HI/c1-3-21-18(23-10-17(19)20)22-9-15-5-4-13(2)8-16(15)25-12-14-6-7-24-11-14;/h4-5,8,14,17H,3,6-7,9-12H2,1-2H3,(H2,21,22,23);1H. The molecule has 1 saturated heterocycles. The van der Waals surface area contributed by atoms with Crippen molar-refractivity contribution in [3.8, 4) is 5.75 Å². The summed E-state index contributed by atoms with van der Waals surface area (Å²) in [5.74, 6) is 1.58. The number of aliphatic imine (C=N–C) groups is 1. The zero-order valence-electron chi connectivity index (χ0n) is 15.3. The first-order valence-electron chi connectivity index (χ1n) is 8.69. The fraction of sp³-hybridized carbons (Fsp3) is 0.611. The Morgan fingerprint density at radius 1 is 1.38 bits per heavy atom. The molecule has 1 aromatic carbocycles. The minimum atomic E-state index is -2.42. The fourth-order valence-electron chi connectivity index (χ4n) is 2.53. The summed E-state index contributed by atoms with van der Waals surface area (Å²) in [5, 5.41) is 5.59. The lowest BCUT2D eigenvalue weighted by Crippen LogP contribution is -2.39. The van der Waals surface area contributed by atoms with Gasteiger partial charge in [-0.05, 0) is 31.9 Å². The number of nitrogens with zero attached hydrogens (tertiary/aromatic N) is 1. The van der Waals surface area contributed by atoms with Crippen molar-refractivity contribution in [3.05, 3.63) is 29.3 Å². The number of rotatable bonds is 8. The third-order valence-corrected chi connectivity index (χ3v) is 3.90. The molecule has 0 saturated carbocycles. The SMILES string of the molecule is CCNC(=NCc1ccc(C)cc1OCC1CCOC1)NCC(F)F.I. The molecule has 2 N–H and O–H groups in total. The van der Waals surface area contributed by atoms with Gasteiger partial charge < -0.3 is 20.1 Å². The van der Waals surface area contributed by atoms with Gasteiger partial charge in [0.15, 0.2) is 5.96 Å². The van der Waals surface area contributed by atoms with Crippen molar-refractivity contribution in [2.24, 2.45) is 10.9 Å². The quantitative estimate of drug-likeness (QED) is 0.339. The zero-order chi connectivity index (χ0) is 18.1. The third-order valence-electron chi connectivity index (χ3n) is 3.90. The fourth-order valence-corrected chi connectivity index (χ4v) is 2.53. The van der Waals surface area contributed by atoms with E-state index in [0.717, 1.165) is 36.5 Å². The van der Waals surface area contributed by atoms with Crippen LogP contribution < -0.4 is 15.4 Å². The highest BCUT2D eigenvalue weighted by atomic mass is 127. The number of hydrogen-bond donors (Lipinski definition) is 2. The van der Waals surface area contributed by atoms with Crippen LogP contribution in [0.2, 0.25) is 0 Å². The molecule has 1 fully saturated rings. The summed E-state index contributed by atoms with van der Waals surface area (Å²) in [6.45, 7) is 6.58. The topological polar surface area (TPSA) is 54.9 Å². The van der Waals surface area contributed by atoms with Gasteiger partial charge in [0.25, 0.3) is 6.43 Å². The van der Waals surface area contributed by atoms with E-state index in [1.165, 1.54) is 0 Å². The lowest BCUT2D eigenvalue weighted by molar-refractivity contribution is 0.152. The van der Waals surface area contributed by atoms with E-state index in [-0.39, 0.29) is 24.0 Å². The van der Waals surface area contributed by atoms with Gasteiger partial charge in [0.2, 0.25) is 0 Å². The lowest BCUT2D eigenvalue weighted by Gasteiger charge is -2.15. The van der Waals surface area contributed by atoms with E-state index >= 15 is 0 Å². The predicted molar refractivity (Wildman–Crippen MR) is 110 cm³/mol. The van der Waals surface area contributed by atoms with Gasteiger partial charge in [0, 0.05) is 24.6 Å². The van der Waals surface area contributed by atoms with E-state index in [4.69, 9.17) is 9.47 Å². The molecule has 5 nitrogen and oxygen atoms in total. The van der Waals surface area contributed by atoms with E-state index in [0.29, 0.717) is 31.6 Å². The first-order chi connectivity index (χ1) is 12.1. The zero-order valence-corrected chi connectivity index (χ0v) is 17.6. The summed E-state index contributed by atoms with van der Waals surface area (Å²) < 4.78 is 36.1. The maximum Gasteiger partial charge on any atom is 0.255 e. The molecule has 2 rings (SSSR count). The summed E-state index contributed by atoms with van der Waals surface area (Å²) in [5.41, 5.74) is 2.03. The number of halogens is 3. The minimum absolute atomic E-state index is 0. The summed E-state index contributed by atoms with van der Waals surface area (Å²) in [7, 11) is 0. The summed E-state index contributed by atoms with van der Waals surface area (Å²) >= 11 is 0. The highest BCUT2D eigenvalue weighted by Gasteiger charge is 2.17. The molecule has 0 spiro atoms. The molecule has 0 bridgehead atoms. The Morgan fingerprint density at radius 3 is 2.85 bits per heavy atom. The number of benzene rings is 1. The number of nitrogens with one attached hydrogen (secondary N) is 2. The average molecular weight is 483 g/mol. The van der Waals surface area contributed by atoms with Crippen molar-refractivity contribution in [2.75, 3.05) is 32.9 Å². The molecule has 1 aliphatic heterocycles. The molecular weight excluding hydrogens is 455 g/mol. The van der Waals surface area contributed by atoms with Crippen molar-refractivity contribution in [2.45, 2.75) is 33.2 Å². The van der Waals surface area contributed by atoms with Crippen LogP contribution in [0.15, 0.2) is 23.2 Å². The van der Waals surface area contributed by atoms with Crippen molar-refractivity contribution >= 4 is 29.9 Å². The van der Waals surface area contributed by atoms with Crippen LogP contribution in [0.4, 0.5) is 8.78 Å². The van der Waals surface area contributed by atoms with Gasteiger partial charge >= 0.3 is 0 Å². The number of aryl methyl sites for hydroxylation is 1. The van der Waals surface area contributed by atoms with Gasteiger partial charge in [-0.3, -0.25) is 0 Å². The van der Waals surface area contributed by atoms with Crippen molar-refractivity contribution < 1.29 is 18.3 Å². The van der Waals surface area contributed by atoms with Crippen LogP contribution in [0.25, 0.3) is 0 Å². The Balaban J connectivity index is 0.00000338. The van der Waals surface area contributed by atoms with Crippen LogP contribution in [0.1, 0.15) is 24.5 Å². The van der Waals surface area contributed by atoms with Crippen LogP contribution in [0.5, 0.6) is 5.75 Å². The van der Waals surface area contributed by atoms with E-state index in [9.17, 15) is 8.78 Å². The van der Waals surface area contributed by atoms with E-state index in [2.05, 4.69) is 15.6 Å². The number of hydrogen-bond acceptors (Lipinski definition) is 3. The molecule has 1 atom stereocenters. The van der Waals surface area contributed by atoms with Crippen LogP contribution in [-0.4, -0.2) is 45.3 Å². The maximum atomic E-state index is 12.4. The molecule has 1 heterocycles. The van der Waals surface area contributed by atoms with Crippen LogP contribution >= 0.6 is 24.0 Å². The summed E-state index contributed by atoms with van der Waals surface area (Å²) in [4.78, 5) is 4.38. The number of guanidine groups is 1. The second-order valence-corrected chi connectivity index (χ2v) is 6.12. The second kappa shape index (κ2) is 12.3. The summed E-state index contributed by atoms with van der Waals surface area (Å²) in [6.07, 6.45) is -1.41. The van der Waals surface area contributed by atoms with Crippen molar-refractivity contribution in [3.63, 3.8) is 0 Å². The Kier molecular flexibility index (Phi) is 10.8. The molecule has 1 aromatic rings. The highest BCUT2D eigenvalue weighted by molar-refractivity contribution is 14.0. The lowest BCUT2D eigenvalue weighted by atomic mass is 10.1. The Bertz CT molecular complexity index is 567. The van der Waals surface area contributed by atoms with Crippen molar-refractivity contribution in [1.82, 2.24) is 10.6 Å². The van der Waals surface area contributed by atoms with Gasteiger partial charge in [-0.15, -0.1) is 24.0 Å². The smallest absolute Gasteiger partial charge is 0.255 e. The molecule has 148 valence electrons. The van der Waals surface area contributed by atoms with Gasteiger partial charge in [0.05, 0.1) is 26.3 Å². The number of alkyl halides is 2. The monoisotopic (exact) mass is 483 g/mol.